The van der Waals surface area contributed by atoms with Crippen LogP contribution in [-0.4, -0.2) is 70.0 Å². The summed E-state index contributed by atoms with van der Waals surface area (Å²) < 4.78 is 12.4. The first-order chi connectivity index (χ1) is 18.0. The third-order valence-electron chi connectivity index (χ3n) is 7.02. The molecule has 3 heterocycles. The van der Waals surface area contributed by atoms with Gasteiger partial charge >= 0.3 is 0 Å². The fourth-order valence-electron chi connectivity index (χ4n) is 4.91. The third-order valence-corrected chi connectivity index (χ3v) is 7.38. The van der Waals surface area contributed by atoms with Gasteiger partial charge in [-0.15, -0.1) is 10.2 Å². The molecule has 0 aromatic carbocycles. The third kappa shape index (κ3) is 5.96. The summed E-state index contributed by atoms with van der Waals surface area (Å²) >= 11 is 6.60. The normalized spacial score (nSPS) is 14.0. The number of fused-ring (bicyclic) bond motifs is 1. The summed E-state index contributed by atoms with van der Waals surface area (Å²) in [7, 11) is 2.98. The lowest BCUT2D eigenvalue weighted by molar-refractivity contribution is 0.298. The lowest BCUT2D eigenvalue weighted by Crippen LogP contribution is -2.27. The summed E-state index contributed by atoms with van der Waals surface area (Å²) in [5.74, 6) is 0.917. The highest BCUT2D eigenvalue weighted by atomic mass is 35.5. The molecule has 200 valence electrons. The van der Waals surface area contributed by atoms with Gasteiger partial charge in [-0.2, -0.15) is 9.97 Å². The lowest BCUT2D eigenvalue weighted by Gasteiger charge is -2.19. The van der Waals surface area contributed by atoms with Gasteiger partial charge < -0.3 is 19.7 Å². The van der Waals surface area contributed by atoms with Crippen molar-refractivity contribution in [2.45, 2.75) is 58.4 Å². The molecule has 3 aromatic rings. The van der Waals surface area contributed by atoms with Crippen molar-refractivity contribution < 1.29 is 9.47 Å². The van der Waals surface area contributed by atoms with Crippen LogP contribution in [0.3, 0.4) is 0 Å². The van der Waals surface area contributed by atoms with Crippen molar-refractivity contribution in [1.29, 1.82) is 0 Å². The molecule has 11 heteroatoms. The fourth-order valence-corrected chi connectivity index (χ4v) is 5.19. The molecule has 0 spiro atoms. The van der Waals surface area contributed by atoms with Gasteiger partial charge in [-0.1, -0.05) is 38.3 Å². The summed E-state index contributed by atoms with van der Waals surface area (Å²) in [6.45, 7) is 8.30. The SMILES string of the molecule is CCN(CC)CCCCNc1nnc2cc(-c3cc(OC)nc(OC)c3Cl)c(=O)n(C3CCCC3)c2n1. The van der Waals surface area contributed by atoms with Gasteiger partial charge in [-0.05, 0) is 51.4 Å². The van der Waals surface area contributed by atoms with Gasteiger partial charge in [0.15, 0.2) is 5.65 Å². The average molecular weight is 530 g/mol. The molecule has 10 nitrogen and oxygen atoms in total. The Labute approximate surface area is 222 Å². The van der Waals surface area contributed by atoms with E-state index in [0.29, 0.717) is 34.1 Å². The number of methoxy groups -OCH3 is 2. The van der Waals surface area contributed by atoms with Crippen molar-refractivity contribution >= 4 is 28.7 Å². The standard InChI is InChI=1S/C26H36ClN7O3/c1-5-33(6-2)14-10-9-13-28-26-30-23-20(31-32-26)15-19(25(35)34(23)17-11-7-8-12-17)18-16-21(36-3)29-24(37-4)22(18)27/h15-17H,5-14H2,1-4H3,(H,28,30,32). The van der Waals surface area contributed by atoms with Crippen LogP contribution >= 0.6 is 11.6 Å². The van der Waals surface area contributed by atoms with E-state index in [1.165, 1.54) is 14.2 Å². The number of anilines is 1. The first-order valence-corrected chi connectivity index (χ1v) is 13.4. The number of aromatic nitrogens is 5. The molecule has 1 aliphatic carbocycles. The minimum atomic E-state index is -0.178. The number of ether oxygens (including phenoxy) is 2. The fraction of sp³-hybridized carbons (Fsp3) is 0.577. The Morgan fingerprint density at radius 2 is 1.81 bits per heavy atom. The summed E-state index contributed by atoms with van der Waals surface area (Å²) in [6, 6.07) is 3.37. The number of pyridine rings is 2. The van der Waals surface area contributed by atoms with Gasteiger partial charge in [-0.3, -0.25) is 9.36 Å². The van der Waals surface area contributed by atoms with Gasteiger partial charge in [0.25, 0.3) is 5.56 Å². The van der Waals surface area contributed by atoms with Crippen LogP contribution in [0.5, 0.6) is 11.8 Å². The van der Waals surface area contributed by atoms with E-state index in [0.717, 1.165) is 64.7 Å². The molecule has 1 saturated carbocycles. The Hall–Kier alpha value is -2.98. The Kier molecular flexibility index (Phi) is 9.15. The number of hydrogen-bond donors (Lipinski definition) is 1. The van der Waals surface area contributed by atoms with E-state index in [4.69, 9.17) is 26.1 Å². The van der Waals surface area contributed by atoms with E-state index >= 15 is 0 Å². The highest BCUT2D eigenvalue weighted by Crippen LogP contribution is 2.37. The van der Waals surface area contributed by atoms with Crippen molar-refractivity contribution in [1.82, 2.24) is 29.6 Å². The summed E-state index contributed by atoms with van der Waals surface area (Å²) in [4.78, 5) is 25.3. The van der Waals surface area contributed by atoms with E-state index in [9.17, 15) is 4.79 Å². The predicted octanol–water partition coefficient (Wildman–Crippen LogP) is 4.57. The molecular weight excluding hydrogens is 494 g/mol. The average Bonchev–Trinajstić information content (AvgIpc) is 3.45. The second kappa shape index (κ2) is 12.5. The lowest BCUT2D eigenvalue weighted by atomic mass is 10.1. The monoisotopic (exact) mass is 529 g/mol. The highest BCUT2D eigenvalue weighted by Gasteiger charge is 2.25. The topological polar surface area (TPSA) is 107 Å². The van der Waals surface area contributed by atoms with Crippen molar-refractivity contribution in [3.8, 4) is 22.9 Å². The second-order valence-electron chi connectivity index (χ2n) is 9.21. The number of nitrogens with one attached hydrogen (secondary N) is 1. The first-order valence-electron chi connectivity index (χ1n) is 13.1. The van der Waals surface area contributed by atoms with E-state index in [1.54, 1.807) is 16.7 Å². The Balaban J connectivity index is 1.70. The maximum Gasteiger partial charge on any atom is 0.260 e. The molecule has 0 radical (unpaired) electrons. The molecule has 37 heavy (non-hydrogen) atoms. The first kappa shape index (κ1) is 27.1. The molecule has 1 fully saturated rings. The molecule has 0 aliphatic heterocycles. The maximum atomic E-state index is 13.9. The van der Waals surface area contributed by atoms with E-state index in [-0.39, 0.29) is 22.5 Å². The minimum Gasteiger partial charge on any atom is -0.481 e. The zero-order valence-electron chi connectivity index (χ0n) is 22.1. The zero-order valence-corrected chi connectivity index (χ0v) is 22.8. The molecule has 0 saturated heterocycles. The maximum absolute atomic E-state index is 13.9. The minimum absolute atomic E-state index is 0.0398. The van der Waals surface area contributed by atoms with Crippen LogP contribution in [0.2, 0.25) is 5.02 Å². The molecule has 0 unspecified atom stereocenters. The van der Waals surface area contributed by atoms with Crippen molar-refractivity contribution in [2.24, 2.45) is 0 Å². The van der Waals surface area contributed by atoms with Gasteiger partial charge in [-0.25, -0.2) is 0 Å². The Bertz CT molecular complexity index is 1270. The van der Waals surface area contributed by atoms with Gasteiger partial charge in [0.2, 0.25) is 17.7 Å². The zero-order chi connectivity index (χ0) is 26.4. The van der Waals surface area contributed by atoms with Crippen LogP contribution in [0.15, 0.2) is 16.9 Å². The van der Waals surface area contributed by atoms with Gasteiger partial charge in [0.05, 0.1) is 19.8 Å². The van der Waals surface area contributed by atoms with Crippen LogP contribution in [0.1, 0.15) is 58.4 Å². The quantitative estimate of drug-likeness (QED) is 0.337. The Morgan fingerprint density at radius 1 is 1.05 bits per heavy atom. The smallest absolute Gasteiger partial charge is 0.260 e. The van der Waals surface area contributed by atoms with Crippen LogP contribution in [0.4, 0.5) is 5.95 Å². The predicted molar refractivity (Wildman–Crippen MR) is 146 cm³/mol. The number of unbranched alkanes of at least 4 members (excludes halogenated alkanes) is 1. The highest BCUT2D eigenvalue weighted by molar-refractivity contribution is 6.34. The van der Waals surface area contributed by atoms with Crippen molar-refractivity contribution in [2.75, 3.05) is 45.7 Å². The molecule has 1 N–H and O–H groups in total. The summed E-state index contributed by atoms with van der Waals surface area (Å²) in [5.41, 5.74) is 1.74. The molecule has 3 aromatic heterocycles. The van der Waals surface area contributed by atoms with Crippen LogP contribution in [0.25, 0.3) is 22.3 Å². The van der Waals surface area contributed by atoms with Gasteiger partial charge in [0.1, 0.15) is 10.5 Å². The summed E-state index contributed by atoms with van der Waals surface area (Å²) in [5, 5.41) is 12.3. The largest absolute Gasteiger partial charge is 0.481 e. The Morgan fingerprint density at radius 3 is 2.49 bits per heavy atom. The van der Waals surface area contributed by atoms with E-state index in [2.05, 4.69) is 39.2 Å². The van der Waals surface area contributed by atoms with Crippen LogP contribution in [-0.2, 0) is 0 Å². The molecular formula is C26H36ClN7O3. The number of hydrogen-bond acceptors (Lipinski definition) is 9. The molecule has 0 amide bonds. The van der Waals surface area contributed by atoms with E-state index in [1.807, 2.05) is 0 Å². The molecule has 4 rings (SSSR count). The second-order valence-corrected chi connectivity index (χ2v) is 9.59. The van der Waals surface area contributed by atoms with Crippen molar-refractivity contribution in [3.05, 3.63) is 27.5 Å². The number of halogens is 1. The number of nitrogens with zero attached hydrogens (tertiary/aromatic N) is 6. The van der Waals surface area contributed by atoms with E-state index < -0.39 is 0 Å². The molecule has 0 atom stereocenters. The van der Waals surface area contributed by atoms with Crippen molar-refractivity contribution in [3.63, 3.8) is 0 Å². The molecule has 1 aliphatic rings. The summed E-state index contributed by atoms with van der Waals surface area (Å²) in [6.07, 6.45) is 6.04. The number of rotatable bonds is 12. The van der Waals surface area contributed by atoms with Crippen LogP contribution < -0.4 is 20.3 Å². The van der Waals surface area contributed by atoms with Crippen LogP contribution in [0, 0.1) is 0 Å². The molecule has 0 bridgehead atoms. The van der Waals surface area contributed by atoms with Gasteiger partial charge in [0, 0.05) is 24.2 Å².